The normalized spacial score (nSPS) is 13.4. The monoisotopic (exact) mass is 180 g/mol. The summed E-state index contributed by atoms with van der Waals surface area (Å²) < 4.78 is 5.16. The SMILES string of the molecule is C/C(=C\c1ccco1)CC(C)(C)O. The number of furan rings is 1. The van der Waals surface area contributed by atoms with Crippen molar-refractivity contribution in [2.75, 3.05) is 0 Å². The molecule has 1 rings (SSSR count). The van der Waals surface area contributed by atoms with E-state index in [0.717, 1.165) is 11.3 Å². The number of rotatable bonds is 3. The zero-order chi connectivity index (χ0) is 9.90. The molecule has 0 atom stereocenters. The lowest BCUT2D eigenvalue weighted by atomic mass is 9.99. The maximum Gasteiger partial charge on any atom is 0.126 e. The van der Waals surface area contributed by atoms with Gasteiger partial charge < -0.3 is 9.52 Å². The first-order valence-corrected chi connectivity index (χ1v) is 4.40. The number of hydrogen-bond acceptors (Lipinski definition) is 2. The van der Waals surface area contributed by atoms with E-state index < -0.39 is 5.60 Å². The lowest BCUT2D eigenvalue weighted by Crippen LogP contribution is -2.18. The second-order valence-electron chi connectivity index (χ2n) is 4.00. The molecule has 0 aromatic carbocycles. The average molecular weight is 180 g/mol. The van der Waals surface area contributed by atoms with E-state index in [1.54, 1.807) is 20.1 Å². The Bertz CT molecular complexity index is 276. The topological polar surface area (TPSA) is 33.4 Å². The molecule has 1 N–H and O–H groups in total. The Morgan fingerprint density at radius 2 is 2.31 bits per heavy atom. The quantitative estimate of drug-likeness (QED) is 0.776. The van der Waals surface area contributed by atoms with Gasteiger partial charge in [-0.2, -0.15) is 0 Å². The Morgan fingerprint density at radius 1 is 1.62 bits per heavy atom. The van der Waals surface area contributed by atoms with Crippen LogP contribution in [0.5, 0.6) is 0 Å². The minimum absolute atomic E-state index is 0.646. The molecule has 0 radical (unpaired) electrons. The molecule has 0 fully saturated rings. The Labute approximate surface area is 78.9 Å². The van der Waals surface area contributed by atoms with E-state index in [-0.39, 0.29) is 0 Å². The highest BCUT2D eigenvalue weighted by molar-refractivity contribution is 5.46. The van der Waals surface area contributed by atoms with E-state index in [9.17, 15) is 5.11 Å². The van der Waals surface area contributed by atoms with Gasteiger partial charge in [0.1, 0.15) is 5.76 Å². The summed E-state index contributed by atoms with van der Waals surface area (Å²) in [5.41, 5.74) is 0.468. The zero-order valence-electron chi connectivity index (χ0n) is 8.37. The molecule has 0 saturated heterocycles. The van der Waals surface area contributed by atoms with E-state index in [2.05, 4.69) is 0 Å². The zero-order valence-corrected chi connectivity index (χ0v) is 8.37. The molecule has 0 spiro atoms. The predicted octanol–water partition coefficient (Wildman–Crippen LogP) is 2.84. The summed E-state index contributed by atoms with van der Waals surface area (Å²) in [7, 11) is 0. The Hall–Kier alpha value is -1.02. The van der Waals surface area contributed by atoms with E-state index in [1.165, 1.54) is 0 Å². The van der Waals surface area contributed by atoms with Gasteiger partial charge in [0.25, 0.3) is 0 Å². The van der Waals surface area contributed by atoms with Crippen molar-refractivity contribution in [2.24, 2.45) is 0 Å². The van der Waals surface area contributed by atoms with Crippen molar-refractivity contribution in [2.45, 2.75) is 32.8 Å². The van der Waals surface area contributed by atoms with Crippen LogP contribution in [0, 0.1) is 0 Å². The molecule has 1 aromatic heterocycles. The van der Waals surface area contributed by atoms with Gasteiger partial charge in [-0.1, -0.05) is 5.57 Å². The van der Waals surface area contributed by atoms with Crippen molar-refractivity contribution in [1.82, 2.24) is 0 Å². The summed E-state index contributed by atoms with van der Waals surface area (Å²) in [6.07, 6.45) is 4.24. The highest BCUT2D eigenvalue weighted by atomic mass is 16.3. The smallest absolute Gasteiger partial charge is 0.126 e. The van der Waals surface area contributed by atoms with Gasteiger partial charge in [-0.15, -0.1) is 0 Å². The van der Waals surface area contributed by atoms with Gasteiger partial charge in [-0.3, -0.25) is 0 Å². The lowest BCUT2D eigenvalue weighted by molar-refractivity contribution is 0.0812. The van der Waals surface area contributed by atoms with Gasteiger partial charge in [0, 0.05) is 0 Å². The molecule has 1 aromatic rings. The van der Waals surface area contributed by atoms with Crippen molar-refractivity contribution in [3.8, 4) is 0 Å². The molecule has 0 aliphatic carbocycles. The van der Waals surface area contributed by atoms with Crippen LogP contribution in [0.2, 0.25) is 0 Å². The summed E-state index contributed by atoms with van der Waals surface area (Å²) in [5, 5.41) is 9.55. The molecule has 0 amide bonds. The molecule has 0 saturated carbocycles. The molecule has 2 nitrogen and oxygen atoms in total. The first-order valence-electron chi connectivity index (χ1n) is 4.40. The van der Waals surface area contributed by atoms with Crippen LogP contribution >= 0.6 is 0 Å². The Balaban J connectivity index is 2.63. The van der Waals surface area contributed by atoms with Crippen LogP contribution in [0.4, 0.5) is 0 Å². The van der Waals surface area contributed by atoms with Crippen LogP contribution in [0.1, 0.15) is 33.0 Å². The van der Waals surface area contributed by atoms with Crippen molar-refractivity contribution >= 4 is 6.08 Å². The third-order valence-corrected chi connectivity index (χ3v) is 1.64. The Morgan fingerprint density at radius 3 is 2.77 bits per heavy atom. The summed E-state index contributed by atoms with van der Waals surface area (Å²) in [4.78, 5) is 0. The molecule has 0 aliphatic rings. The molecule has 0 aliphatic heterocycles. The summed E-state index contributed by atoms with van der Waals surface area (Å²) in [5.74, 6) is 0.835. The fourth-order valence-corrected chi connectivity index (χ4v) is 1.35. The maximum absolute atomic E-state index is 9.55. The molecule has 1 heterocycles. The number of aliphatic hydroxyl groups is 1. The summed E-state index contributed by atoms with van der Waals surface area (Å²) in [6, 6.07) is 3.75. The number of hydrogen-bond donors (Lipinski definition) is 1. The highest BCUT2D eigenvalue weighted by Crippen LogP contribution is 2.17. The van der Waals surface area contributed by atoms with E-state index >= 15 is 0 Å². The van der Waals surface area contributed by atoms with Crippen LogP contribution < -0.4 is 0 Å². The van der Waals surface area contributed by atoms with Gasteiger partial charge in [0.05, 0.1) is 11.9 Å². The first-order chi connectivity index (χ1) is 5.97. The van der Waals surface area contributed by atoms with Gasteiger partial charge >= 0.3 is 0 Å². The third kappa shape index (κ3) is 3.95. The van der Waals surface area contributed by atoms with Crippen LogP contribution in [0.3, 0.4) is 0 Å². The van der Waals surface area contributed by atoms with Crippen molar-refractivity contribution in [3.63, 3.8) is 0 Å². The molecular formula is C11H16O2. The minimum atomic E-state index is -0.646. The molecule has 13 heavy (non-hydrogen) atoms. The standard InChI is InChI=1S/C11H16O2/c1-9(8-11(2,3)12)7-10-5-4-6-13-10/h4-7,12H,8H2,1-3H3/b9-7+. The van der Waals surface area contributed by atoms with Gasteiger partial charge in [-0.05, 0) is 45.4 Å². The van der Waals surface area contributed by atoms with Crippen molar-refractivity contribution in [3.05, 3.63) is 29.7 Å². The van der Waals surface area contributed by atoms with E-state index in [0.29, 0.717) is 6.42 Å². The van der Waals surface area contributed by atoms with Gasteiger partial charge in [-0.25, -0.2) is 0 Å². The van der Waals surface area contributed by atoms with Crippen LogP contribution in [-0.4, -0.2) is 10.7 Å². The van der Waals surface area contributed by atoms with E-state index in [4.69, 9.17) is 4.42 Å². The first kappa shape index (κ1) is 10.1. The van der Waals surface area contributed by atoms with Crippen molar-refractivity contribution < 1.29 is 9.52 Å². The predicted molar refractivity (Wildman–Crippen MR) is 53.3 cm³/mol. The third-order valence-electron chi connectivity index (χ3n) is 1.64. The fourth-order valence-electron chi connectivity index (χ4n) is 1.35. The molecule has 2 heteroatoms. The van der Waals surface area contributed by atoms with Crippen LogP contribution in [0.25, 0.3) is 6.08 Å². The average Bonchev–Trinajstić information content (AvgIpc) is 2.34. The fraction of sp³-hybridized carbons (Fsp3) is 0.455. The second-order valence-corrected chi connectivity index (χ2v) is 4.00. The van der Waals surface area contributed by atoms with Crippen LogP contribution in [0.15, 0.2) is 28.4 Å². The van der Waals surface area contributed by atoms with Crippen molar-refractivity contribution in [1.29, 1.82) is 0 Å². The van der Waals surface area contributed by atoms with Crippen LogP contribution in [-0.2, 0) is 0 Å². The second kappa shape index (κ2) is 3.79. The van der Waals surface area contributed by atoms with Gasteiger partial charge in [0.2, 0.25) is 0 Å². The maximum atomic E-state index is 9.55. The minimum Gasteiger partial charge on any atom is -0.465 e. The molecule has 0 unspecified atom stereocenters. The lowest BCUT2D eigenvalue weighted by Gasteiger charge is -2.16. The van der Waals surface area contributed by atoms with Gasteiger partial charge in [0.15, 0.2) is 0 Å². The largest absolute Gasteiger partial charge is 0.465 e. The summed E-state index contributed by atoms with van der Waals surface area (Å²) in [6.45, 7) is 5.58. The molecule has 0 bridgehead atoms. The van der Waals surface area contributed by atoms with E-state index in [1.807, 2.05) is 25.1 Å². The molecule has 72 valence electrons. The Kier molecular flexibility index (Phi) is 2.94. The molecular weight excluding hydrogens is 164 g/mol. The summed E-state index contributed by atoms with van der Waals surface area (Å²) >= 11 is 0. The highest BCUT2D eigenvalue weighted by Gasteiger charge is 2.12.